The predicted octanol–water partition coefficient (Wildman–Crippen LogP) is 1.09. The van der Waals surface area contributed by atoms with Crippen molar-refractivity contribution in [3.05, 3.63) is 18.2 Å². The molecule has 0 aliphatic carbocycles. The number of rotatable bonds is 3. The maximum absolute atomic E-state index is 13.1. The SMILES string of the molecule is CN1CCN(C2CCN(S(=O)(=O)c3cccc4nsnc34)CC2)CC1. The molecule has 9 heteroatoms. The van der Waals surface area contributed by atoms with Crippen molar-refractivity contribution in [2.24, 2.45) is 0 Å². The summed E-state index contributed by atoms with van der Waals surface area (Å²) in [5, 5.41) is 0. The number of hydrogen-bond donors (Lipinski definition) is 0. The van der Waals surface area contributed by atoms with Crippen molar-refractivity contribution < 1.29 is 8.42 Å². The summed E-state index contributed by atoms with van der Waals surface area (Å²) in [7, 11) is -1.36. The molecule has 2 aromatic rings. The maximum Gasteiger partial charge on any atom is 0.245 e. The number of piperidine rings is 1. The number of sulfonamides is 1. The molecule has 0 spiro atoms. The van der Waals surface area contributed by atoms with E-state index in [0.29, 0.717) is 30.2 Å². The van der Waals surface area contributed by atoms with E-state index in [9.17, 15) is 8.42 Å². The highest BCUT2D eigenvalue weighted by Crippen LogP contribution is 2.27. The van der Waals surface area contributed by atoms with E-state index < -0.39 is 10.0 Å². The Labute approximate surface area is 152 Å². The van der Waals surface area contributed by atoms with Gasteiger partial charge in [-0.15, -0.1) is 0 Å². The molecule has 25 heavy (non-hydrogen) atoms. The Kier molecular flexibility index (Phi) is 4.76. The fourth-order valence-electron chi connectivity index (χ4n) is 3.76. The minimum absolute atomic E-state index is 0.289. The molecular formula is C16H23N5O2S2. The quantitative estimate of drug-likeness (QED) is 0.793. The molecule has 0 amide bonds. The molecule has 2 saturated heterocycles. The Hall–Kier alpha value is -1.13. The number of nitrogens with zero attached hydrogens (tertiary/aromatic N) is 5. The van der Waals surface area contributed by atoms with Gasteiger partial charge >= 0.3 is 0 Å². The van der Waals surface area contributed by atoms with Crippen molar-refractivity contribution in [1.29, 1.82) is 0 Å². The van der Waals surface area contributed by atoms with E-state index in [0.717, 1.165) is 50.7 Å². The van der Waals surface area contributed by atoms with Gasteiger partial charge < -0.3 is 4.90 Å². The third-order valence-corrected chi connectivity index (χ3v) is 7.82. The number of fused-ring (bicyclic) bond motifs is 1. The first kappa shape index (κ1) is 17.3. The lowest BCUT2D eigenvalue weighted by Crippen LogP contribution is -2.52. The zero-order chi connectivity index (χ0) is 17.4. The number of benzene rings is 1. The zero-order valence-electron chi connectivity index (χ0n) is 14.3. The molecule has 0 bridgehead atoms. The average molecular weight is 382 g/mol. The number of aromatic nitrogens is 2. The molecule has 136 valence electrons. The van der Waals surface area contributed by atoms with Crippen molar-refractivity contribution in [3.63, 3.8) is 0 Å². The number of piperazine rings is 1. The Balaban J connectivity index is 1.47. The van der Waals surface area contributed by atoms with Crippen LogP contribution in [0.4, 0.5) is 0 Å². The summed E-state index contributed by atoms with van der Waals surface area (Å²) in [6.07, 6.45) is 1.79. The van der Waals surface area contributed by atoms with Crippen LogP contribution in [-0.4, -0.2) is 83.6 Å². The van der Waals surface area contributed by atoms with E-state index in [4.69, 9.17) is 0 Å². The summed E-state index contributed by atoms with van der Waals surface area (Å²) in [5.41, 5.74) is 1.15. The lowest BCUT2D eigenvalue weighted by atomic mass is 10.0. The number of likely N-dealkylation sites (N-methyl/N-ethyl adjacent to an activating group) is 1. The summed E-state index contributed by atoms with van der Waals surface area (Å²) in [6.45, 7) is 5.50. The second-order valence-electron chi connectivity index (χ2n) is 6.86. The van der Waals surface area contributed by atoms with Gasteiger partial charge in [0, 0.05) is 45.3 Å². The van der Waals surface area contributed by atoms with Gasteiger partial charge in [-0.3, -0.25) is 4.90 Å². The molecule has 1 aromatic heterocycles. The highest BCUT2D eigenvalue weighted by atomic mass is 32.2. The van der Waals surface area contributed by atoms with Crippen LogP contribution in [0.25, 0.3) is 11.0 Å². The van der Waals surface area contributed by atoms with Crippen molar-refractivity contribution in [2.45, 2.75) is 23.8 Å². The van der Waals surface area contributed by atoms with Crippen LogP contribution < -0.4 is 0 Å². The second kappa shape index (κ2) is 6.88. The van der Waals surface area contributed by atoms with Crippen molar-refractivity contribution in [3.8, 4) is 0 Å². The monoisotopic (exact) mass is 381 g/mol. The summed E-state index contributed by atoms with van der Waals surface area (Å²) in [4.78, 5) is 5.16. The van der Waals surface area contributed by atoms with Crippen molar-refractivity contribution >= 4 is 32.8 Å². The van der Waals surface area contributed by atoms with Gasteiger partial charge in [-0.05, 0) is 32.0 Å². The first-order valence-corrected chi connectivity index (χ1v) is 10.9. The fraction of sp³-hybridized carbons (Fsp3) is 0.625. The molecule has 2 aliphatic rings. The zero-order valence-corrected chi connectivity index (χ0v) is 16.0. The van der Waals surface area contributed by atoms with E-state index >= 15 is 0 Å². The molecule has 3 heterocycles. The fourth-order valence-corrected chi connectivity index (χ4v) is 5.99. The smallest absolute Gasteiger partial charge is 0.245 e. The topological polar surface area (TPSA) is 69.6 Å². The Bertz CT molecular complexity index is 837. The largest absolute Gasteiger partial charge is 0.304 e. The predicted molar refractivity (Wildman–Crippen MR) is 98.3 cm³/mol. The Morgan fingerprint density at radius 2 is 1.76 bits per heavy atom. The maximum atomic E-state index is 13.1. The highest BCUT2D eigenvalue weighted by Gasteiger charge is 2.33. The summed E-state index contributed by atoms with van der Waals surface area (Å²) < 4.78 is 36.1. The molecule has 2 fully saturated rings. The molecule has 1 aromatic carbocycles. The molecule has 0 N–H and O–H groups in total. The highest BCUT2D eigenvalue weighted by molar-refractivity contribution is 7.89. The van der Waals surface area contributed by atoms with Gasteiger partial charge in [0.25, 0.3) is 0 Å². The van der Waals surface area contributed by atoms with Crippen molar-refractivity contribution in [2.75, 3.05) is 46.3 Å². The lowest BCUT2D eigenvalue weighted by Gasteiger charge is -2.41. The molecular weight excluding hydrogens is 358 g/mol. The molecule has 0 unspecified atom stereocenters. The number of hydrogen-bond acceptors (Lipinski definition) is 7. The Morgan fingerprint density at radius 1 is 1.04 bits per heavy atom. The minimum atomic E-state index is -3.51. The van der Waals surface area contributed by atoms with E-state index in [2.05, 4.69) is 25.6 Å². The second-order valence-corrected chi connectivity index (χ2v) is 9.30. The van der Waals surface area contributed by atoms with Gasteiger partial charge in [0.15, 0.2) is 0 Å². The first-order valence-electron chi connectivity index (χ1n) is 8.70. The summed E-state index contributed by atoms with van der Waals surface area (Å²) >= 11 is 1.06. The molecule has 0 saturated carbocycles. The van der Waals surface area contributed by atoms with Crippen LogP contribution >= 0.6 is 11.7 Å². The first-order chi connectivity index (χ1) is 12.1. The van der Waals surface area contributed by atoms with Crippen LogP contribution in [0.2, 0.25) is 0 Å². The molecule has 0 atom stereocenters. The normalized spacial score (nSPS) is 22.6. The summed E-state index contributed by atoms with van der Waals surface area (Å²) in [6, 6.07) is 5.69. The van der Waals surface area contributed by atoms with Gasteiger partial charge in [-0.2, -0.15) is 13.1 Å². The van der Waals surface area contributed by atoms with Crippen LogP contribution in [0.1, 0.15) is 12.8 Å². The van der Waals surface area contributed by atoms with Crippen LogP contribution in [-0.2, 0) is 10.0 Å². The van der Waals surface area contributed by atoms with Gasteiger partial charge in [0.05, 0.1) is 11.7 Å². The summed E-state index contributed by atoms with van der Waals surface area (Å²) in [5.74, 6) is 0. The molecule has 2 aliphatic heterocycles. The standard InChI is InChI=1S/C16H23N5O2S2/c1-19-9-11-20(12-10-19)13-5-7-21(8-6-13)25(22,23)15-4-2-3-14-16(15)18-24-17-14/h2-4,13H,5-12H2,1H3. The Morgan fingerprint density at radius 3 is 2.48 bits per heavy atom. The van der Waals surface area contributed by atoms with E-state index in [-0.39, 0.29) is 4.90 Å². The van der Waals surface area contributed by atoms with Gasteiger partial charge in [0.1, 0.15) is 15.9 Å². The van der Waals surface area contributed by atoms with Crippen molar-refractivity contribution in [1.82, 2.24) is 22.9 Å². The molecule has 7 nitrogen and oxygen atoms in total. The molecule has 4 rings (SSSR count). The van der Waals surface area contributed by atoms with Crippen LogP contribution in [0.5, 0.6) is 0 Å². The third kappa shape index (κ3) is 3.31. The minimum Gasteiger partial charge on any atom is -0.304 e. The van der Waals surface area contributed by atoms with Gasteiger partial charge in [-0.25, -0.2) is 8.42 Å². The molecule has 0 radical (unpaired) electrons. The van der Waals surface area contributed by atoms with Gasteiger partial charge in [-0.1, -0.05) is 6.07 Å². The van der Waals surface area contributed by atoms with Crippen LogP contribution in [0.15, 0.2) is 23.1 Å². The van der Waals surface area contributed by atoms with Gasteiger partial charge in [0.2, 0.25) is 10.0 Å². The van der Waals surface area contributed by atoms with Crippen LogP contribution in [0.3, 0.4) is 0 Å². The average Bonchev–Trinajstić information content (AvgIpc) is 3.11. The van der Waals surface area contributed by atoms with E-state index in [1.54, 1.807) is 22.5 Å². The van der Waals surface area contributed by atoms with E-state index in [1.165, 1.54) is 0 Å². The third-order valence-electron chi connectivity index (χ3n) is 5.34. The van der Waals surface area contributed by atoms with Crippen LogP contribution in [0, 0.1) is 0 Å². The van der Waals surface area contributed by atoms with E-state index in [1.807, 2.05) is 0 Å². The lowest BCUT2D eigenvalue weighted by molar-refractivity contribution is 0.0836.